The number of aromatic nitrogens is 1. The van der Waals surface area contributed by atoms with Crippen LogP contribution in [0, 0.1) is 17.0 Å². The van der Waals surface area contributed by atoms with E-state index in [2.05, 4.69) is 15.6 Å². The highest BCUT2D eigenvalue weighted by Crippen LogP contribution is 2.25. The zero-order valence-corrected chi connectivity index (χ0v) is 11.6. The molecule has 7 heteroatoms. The van der Waals surface area contributed by atoms with E-state index in [1.165, 1.54) is 18.2 Å². The minimum Gasteiger partial charge on any atom is -0.383 e. The Morgan fingerprint density at radius 3 is 2.67 bits per heavy atom. The van der Waals surface area contributed by atoms with Gasteiger partial charge in [0, 0.05) is 24.9 Å². The fraction of sp³-hybridized carbons (Fsp3) is 0.143. The third kappa shape index (κ3) is 3.14. The highest BCUT2D eigenvalue weighted by atomic mass is 16.6. The van der Waals surface area contributed by atoms with E-state index >= 15 is 0 Å². The van der Waals surface area contributed by atoms with Crippen LogP contribution >= 0.6 is 0 Å². The number of pyridine rings is 1. The van der Waals surface area contributed by atoms with Crippen LogP contribution in [0.5, 0.6) is 0 Å². The molecule has 0 radical (unpaired) electrons. The predicted octanol–water partition coefficient (Wildman–Crippen LogP) is 2.59. The number of carbonyl (C=O) groups is 1. The molecule has 0 spiro atoms. The molecule has 0 aliphatic rings. The van der Waals surface area contributed by atoms with Crippen molar-refractivity contribution >= 4 is 23.0 Å². The first-order chi connectivity index (χ1) is 10.0. The van der Waals surface area contributed by atoms with Crippen molar-refractivity contribution < 1.29 is 9.72 Å². The molecule has 0 unspecified atom stereocenters. The number of aryl methyl sites for hydroxylation is 1. The van der Waals surface area contributed by atoms with Crippen molar-refractivity contribution in [3.63, 3.8) is 0 Å². The molecule has 1 aromatic heterocycles. The number of benzene rings is 1. The van der Waals surface area contributed by atoms with Crippen LogP contribution in [0.4, 0.5) is 17.1 Å². The Morgan fingerprint density at radius 2 is 2.05 bits per heavy atom. The first-order valence-electron chi connectivity index (χ1n) is 6.22. The second-order valence-electron chi connectivity index (χ2n) is 4.33. The Kier molecular flexibility index (Phi) is 4.13. The van der Waals surface area contributed by atoms with Gasteiger partial charge in [-0.25, -0.2) is 0 Å². The molecule has 1 heterocycles. The number of nitrogens with one attached hydrogen (secondary N) is 2. The summed E-state index contributed by atoms with van der Waals surface area (Å²) in [5, 5.41) is 16.3. The Hall–Kier alpha value is -2.96. The molecule has 7 nitrogen and oxygen atoms in total. The third-order valence-electron chi connectivity index (χ3n) is 2.98. The average molecular weight is 286 g/mol. The second-order valence-corrected chi connectivity index (χ2v) is 4.33. The minimum absolute atomic E-state index is 0.0772. The van der Waals surface area contributed by atoms with Gasteiger partial charge in [-0.2, -0.15) is 0 Å². The molecular weight excluding hydrogens is 272 g/mol. The minimum atomic E-state index is -0.501. The molecule has 108 valence electrons. The zero-order chi connectivity index (χ0) is 15.4. The number of rotatable bonds is 4. The highest BCUT2D eigenvalue weighted by Gasteiger charge is 2.16. The van der Waals surface area contributed by atoms with Crippen molar-refractivity contribution in [2.45, 2.75) is 6.92 Å². The number of carbonyl (C=O) groups excluding carboxylic acids is 1. The first-order valence-corrected chi connectivity index (χ1v) is 6.22. The number of nitro benzene ring substituents is 1. The van der Waals surface area contributed by atoms with Gasteiger partial charge in [0.25, 0.3) is 11.6 Å². The van der Waals surface area contributed by atoms with Gasteiger partial charge in [0.1, 0.15) is 5.69 Å². The van der Waals surface area contributed by atoms with Gasteiger partial charge < -0.3 is 10.6 Å². The monoisotopic (exact) mass is 286 g/mol. The van der Waals surface area contributed by atoms with Gasteiger partial charge in [-0.05, 0) is 31.2 Å². The molecule has 0 aliphatic carbocycles. The van der Waals surface area contributed by atoms with E-state index in [-0.39, 0.29) is 17.3 Å². The molecule has 0 saturated carbocycles. The van der Waals surface area contributed by atoms with E-state index in [0.29, 0.717) is 16.9 Å². The van der Waals surface area contributed by atoms with E-state index in [1.807, 2.05) is 0 Å². The summed E-state index contributed by atoms with van der Waals surface area (Å²) in [4.78, 5) is 26.6. The van der Waals surface area contributed by atoms with Gasteiger partial charge in [-0.3, -0.25) is 19.9 Å². The molecule has 0 aliphatic heterocycles. The van der Waals surface area contributed by atoms with Crippen LogP contribution in [-0.4, -0.2) is 22.9 Å². The maximum atomic E-state index is 12.2. The molecule has 1 aromatic carbocycles. The lowest BCUT2D eigenvalue weighted by molar-refractivity contribution is -0.383. The lowest BCUT2D eigenvalue weighted by atomic mass is 10.1. The van der Waals surface area contributed by atoms with E-state index in [1.54, 1.807) is 32.3 Å². The first kappa shape index (κ1) is 14.4. The molecule has 2 rings (SSSR count). The number of hydrogen-bond acceptors (Lipinski definition) is 5. The van der Waals surface area contributed by atoms with E-state index in [9.17, 15) is 14.9 Å². The fourth-order valence-corrected chi connectivity index (χ4v) is 1.85. The van der Waals surface area contributed by atoms with Crippen LogP contribution in [0.1, 0.15) is 16.1 Å². The van der Waals surface area contributed by atoms with E-state index in [4.69, 9.17) is 0 Å². The lowest BCUT2D eigenvalue weighted by Gasteiger charge is -2.09. The average Bonchev–Trinajstić information content (AvgIpc) is 2.48. The summed E-state index contributed by atoms with van der Waals surface area (Å²) in [5.74, 6) is -0.350. The zero-order valence-electron chi connectivity index (χ0n) is 11.6. The summed E-state index contributed by atoms with van der Waals surface area (Å²) < 4.78 is 0. The molecule has 0 atom stereocenters. The summed E-state index contributed by atoms with van der Waals surface area (Å²) in [5.41, 5.74) is 1.84. The van der Waals surface area contributed by atoms with Crippen molar-refractivity contribution in [3.05, 3.63) is 57.9 Å². The van der Waals surface area contributed by atoms with Crippen LogP contribution in [0.2, 0.25) is 0 Å². The molecule has 0 saturated heterocycles. The molecule has 0 fully saturated rings. The van der Waals surface area contributed by atoms with E-state index < -0.39 is 4.92 Å². The van der Waals surface area contributed by atoms with E-state index in [0.717, 1.165) is 0 Å². The van der Waals surface area contributed by atoms with Gasteiger partial charge in [-0.15, -0.1) is 0 Å². The molecular formula is C14H14N4O3. The molecule has 1 amide bonds. The fourth-order valence-electron chi connectivity index (χ4n) is 1.85. The van der Waals surface area contributed by atoms with Crippen molar-refractivity contribution in [3.8, 4) is 0 Å². The van der Waals surface area contributed by atoms with Gasteiger partial charge in [0.15, 0.2) is 0 Å². The van der Waals surface area contributed by atoms with Crippen molar-refractivity contribution in [1.82, 2.24) is 4.98 Å². The maximum absolute atomic E-state index is 12.2. The Balaban J connectivity index is 2.28. The van der Waals surface area contributed by atoms with Crippen molar-refractivity contribution in [1.29, 1.82) is 0 Å². The SMILES string of the molecule is CNc1cc(C(=O)Nc2cccnc2C)ccc1[N+](=O)[O-]. The predicted molar refractivity (Wildman–Crippen MR) is 79.6 cm³/mol. The number of nitrogens with zero attached hydrogens (tertiary/aromatic N) is 2. The van der Waals surface area contributed by atoms with Crippen molar-refractivity contribution in [2.24, 2.45) is 0 Å². The normalized spacial score (nSPS) is 10.0. The van der Waals surface area contributed by atoms with Crippen LogP contribution in [0.3, 0.4) is 0 Å². The number of anilines is 2. The Morgan fingerprint density at radius 1 is 1.29 bits per heavy atom. The summed E-state index contributed by atoms with van der Waals surface area (Å²) in [7, 11) is 1.56. The largest absolute Gasteiger partial charge is 0.383 e. The summed E-state index contributed by atoms with van der Waals surface area (Å²) in [6, 6.07) is 7.62. The molecule has 2 N–H and O–H groups in total. The van der Waals surface area contributed by atoms with Crippen LogP contribution < -0.4 is 10.6 Å². The highest BCUT2D eigenvalue weighted by molar-refractivity contribution is 6.05. The maximum Gasteiger partial charge on any atom is 0.292 e. The standard InChI is InChI=1S/C14H14N4O3/c1-9-11(4-3-7-16-9)17-14(19)10-5-6-13(18(20)21)12(8-10)15-2/h3-8,15H,1-2H3,(H,17,19). The van der Waals surface area contributed by atoms with Crippen LogP contribution in [0.25, 0.3) is 0 Å². The van der Waals surface area contributed by atoms with Gasteiger partial charge in [-0.1, -0.05) is 0 Å². The molecule has 2 aromatic rings. The smallest absolute Gasteiger partial charge is 0.292 e. The van der Waals surface area contributed by atoms with Gasteiger partial charge in [0.2, 0.25) is 0 Å². The summed E-state index contributed by atoms with van der Waals surface area (Å²) >= 11 is 0. The lowest BCUT2D eigenvalue weighted by Crippen LogP contribution is -2.13. The Bertz CT molecular complexity index is 700. The molecule has 0 bridgehead atoms. The van der Waals surface area contributed by atoms with Gasteiger partial charge >= 0.3 is 0 Å². The number of amides is 1. The summed E-state index contributed by atoms with van der Waals surface area (Å²) in [6.07, 6.45) is 1.63. The van der Waals surface area contributed by atoms with Crippen molar-refractivity contribution in [2.75, 3.05) is 17.7 Å². The third-order valence-corrected chi connectivity index (χ3v) is 2.98. The number of nitro groups is 1. The Labute approximate surface area is 121 Å². The van der Waals surface area contributed by atoms with Crippen LogP contribution in [-0.2, 0) is 0 Å². The number of hydrogen-bond donors (Lipinski definition) is 2. The molecule has 21 heavy (non-hydrogen) atoms. The quantitative estimate of drug-likeness (QED) is 0.665. The topological polar surface area (TPSA) is 97.2 Å². The van der Waals surface area contributed by atoms with Crippen LogP contribution in [0.15, 0.2) is 36.5 Å². The van der Waals surface area contributed by atoms with Gasteiger partial charge in [0.05, 0.1) is 16.3 Å². The second kappa shape index (κ2) is 6.00. The summed E-state index contributed by atoms with van der Waals surface area (Å²) in [6.45, 7) is 1.78.